The Balaban J connectivity index is 0.00000484. The molecule has 0 spiro atoms. The summed E-state index contributed by atoms with van der Waals surface area (Å²) < 4.78 is 5.32. The minimum atomic E-state index is -0.950. The van der Waals surface area contributed by atoms with Gasteiger partial charge in [0, 0.05) is 5.69 Å². The minimum absolute atomic E-state index is 0. The molecule has 0 aliphatic rings. The molecule has 1 aromatic carbocycles. The third kappa shape index (κ3) is 7.34. The first-order chi connectivity index (χ1) is 10.4. The highest BCUT2D eigenvalue weighted by Crippen LogP contribution is 2.15. The van der Waals surface area contributed by atoms with Crippen LogP contribution < -0.4 is 21.1 Å². The van der Waals surface area contributed by atoms with Crippen molar-refractivity contribution in [3.05, 3.63) is 24.3 Å². The lowest BCUT2D eigenvalue weighted by Crippen LogP contribution is -2.52. The van der Waals surface area contributed by atoms with Gasteiger partial charge in [0.2, 0.25) is 11.8 Å². The molecule has 1 unspecified atom stereocenters. The number of benzene rings is 1. The molecule has 0 heterocycles. The predicted molar refractivity (Wildman–Crippen MR) is 94.0 cm³/mol. The van der Waals surface area contributed by atoms with Crippen LogP contribution in [0.3, 0.4) is 0 Å². The zero-order valence-corrected chi connectivity index (χ0v) is 14.7. The van der Waals surface area contributed by atoms with Gasteiger partial charge in [-0.3, -0.25) is 9.59 Å². The molecule has 2 amide bonds. The lowest BCUT2D eigenvalue weighted by Gasteiger charge is -2.22. The van der Waals surface area contributed by atoms with Crippen molar-refractivity contribution in [2.24, 2.45) is 5.73 Å². The summed E-state index contributed by atoms with van der Waals surface area (Å²) in [7, 11) is 0. The van der Waals surface area contributed by atoms with Crippen LogP contribution in [0.2, 0.25) is 0 Å². The van der Waals surface area contributed by atoms with Crippen LogP contribution in [0.5, 0.6) is 5.75 Å². The molecule has 23 heavy (non-hydrogen) atoms. The number of hydrogen-bond donors (Lipinski definition) is 3. The number of halogens is 1. The maximum absolute atomic E-state index is 11.9. The average Bonchev–Trinajstić information content (AvgIpc) is 2.47. The summed E-state index contributed by atoms with van der Waals surface area (Å²) >= 11 is 0. The standard InChI is InChI=1S/C16H25N3O3.ClH/c1-4-10-16(3,17)15(21)18-11-14(20)19-12-6-8-13(9-7-12)22-5-2;/h6-9H,4-5,10-11,17H2,1-3H3,(H,18,21)(H,19,20);1H. The molecule has 4 N–H and O–H groups in total. The number of nitrogens with one attached hydrogen (secondary N) is 2. The highest BCUT2D eigenvalue weighted by atomic mass is 35.5. The van der Waals surface area contributed by atoms with Gasteiger partial charge in [-0.05, 0) is 44.5 Å². The Morgan fingerprint density at radius 1 is 1.22 bits per heavy atom. The minimum Gasteiger partial charge on any atom is -0.494 e. The van der Waals surface area contributed by atoms with Crippen LogP contribution in [0.4, 0.5) is 5.69 Å². The van der Waals surface area contributed by atoms with E-state index in [1.54, 1.807) is 31.2 Å². The molecule has 0 bridgehead atoms. The van der Waals surface area contributed by atoms with E-state index in [0.29, 0.717) is 18.7 Å². The van der Waals surface area contributed by atoms with Crippen molar-refractivity contribution in [2.75, 3.05) is 18.5 Å². The molecule has 1 aromatic rings. The van der Waals surface area contributed by atoms with Crippen LogP contribution in [0.15, 0.2) is 24.3 Å². The first-order valence-corrected chi connectivity index (χ1v) is 7.49. The van der Waals surface area contributed by atoms with Crippen molar-refractivity contribution in [1.82, 2.24) is 5.32 Å². The molecule has 0 aliphatic carbocycles. The molecule has 0 aliphatic heterocycles. The number of rotatable bonds is 8. The van der Waals surface area contributed by atoms with E-state index in [0.717, 1.165) is 12.2 Å². The Bertz CT molecular complexity index is 504. The average molecular weight is 344 g/mol. The molecular weight excluding hydrogens is 318 g/mol. The summed E-state index contributed by atoms with van der Waals surface area (Å²) in [5.74, 6) is 0.119. The van der Waals surface area contributed by atoms with Crippen LogP contribution in [0, 0.1) is 0 Å². The SMILES string of the molecule is CCCC(C)(N)C(=O)NCC(=O)Nc1ccc(OCC)cc1.Cl. The largest absolute Gasteiger partial charge is 0.494 e. The third-order valence-electron chi connectivity index (χ3n) is 3.15. The van der Waals surface area contributed by atoms with Crippen LogP contribution in [-0.2, 0) is 9.59 Å². The van der Waals surface area contributed by atoms with Gasteiger partial charge in [0.1, 0.15) is 5.75 Å². The first kappa shape index (κ1) is 21.2. The first-order valence-electron chi connectivity index (χ1n) is 7.49. The highest BCUT2D eigenvalue weighted by Gasteiger charge is 2.27. The van der Waals surface area contributed by atoms with E-state index >= 15 is 0 Å². The van der Waals surface area contributed by atoms with E-state index < -0.39 is 5.54 Å². The van der Waals surface area contributed by atoms with Gasteiger partial charge in [-0.25, -0.2) is 0 Å². The number of anilines is 1. The molecular formula is C16H26ClN3O3. The van der Waals surface area contributed by atoms with Gasteiger partial charge in [-0.15, -0.1) is 12.4 Å². The Morgan fingerprint density at radius 2 is 1.83 bits per heavy atom. The van der Waals surface area contributed by atoms with Crippen LogP contribution >= 0.6 is 12.4 Å². The van der Waals surface area contributed by atoms with E-state index in [-0.39, 0.29) is 30.8 Å². The van der Waals surface area contributed by atoms with Gasteiger partial charge in [0.15, 0.2) is 0 Å². The zero-order valence-electron chi connectivity index (χ0n) is 13.8. The fourth-order valence-electron chi connectivity index (χ4n) is 2.00. The van der Waals surface area contributed by atoms with Crippen LogP contribution in [-0.4, -0.2) is 30.5 Å². The molecule has 7 heteroatoms. The number of hydrogen-bond acceptors (Lipinski definition) is 4. The summed E-state index contributed by atoms with van der Waals surface area (Å²) in [5.41, 5.74) is 5.59. The monoisotopic (exact) mass is 343 g/mol. The molecule has 6 nitrogen and oxygen atoms in total. The number of ether oxygens (including phenoxy) is 1. The Kier molecular flexibility index (Phi) is 9.29. The number of carbonyl (C=O) groups excluding carboxylic acids is 2. The van der Waals surface area contributed by atoms with Gasteiger partial charge < -0.3 is 21.1 Å². The van der Waals surface area contributed by atoms with E-state index in [1.807, 2.05) is 13.8 Å². The van der Waals surface area contributed by atoms with E-state index in [4.69, 9.17) is 10.5 Å². The van der Waals surface area contributed by atoms with Crippen molar-refractivity contribution >= 4 is 29.9 Å². The van der Waals surface area contributed by atoms with Gasteiger partial charge in [0.25, 0.3) is 0 Å². The molecule has 130 valence electrons. The molecule has 1 atom stereocenters. The maximum Gasteiger partial charge on any atom is 0.243 e. The smallest absolute Gasteiger partial charge is 0.243 e. The van der Waals surface area contributed by atoms with Crippen molar-refractivity contribution in [2.45, 2.75) is 39.2 Å². The van der Waals surface area contributed by atoms with E-state index in [2.05, 4.69) is 10.6 Å². The number of amides is 2. The summed E-state index contributed by atoms with van der Waals surface area (Å²) in [6.07, 6.45) is 1.37. The lowest BCUT2D eigenvalue weighted by molar-refractivity contribution is -0.128. The van der Waals surface area contributed by atoms with Crippen LogP contribution in [0.25, 0.3) is 0 Å². The predicted octanol–water partition coefficient (Wildman–Crippen LogP) is 2.08. The molecule has 1 rings (SSSR count). The molecule has 0 saturated heterocycles. The van der Waals surface area contributed by atoms with Crippen molar-refractivity contribution < 1.29 is 14.3 Å². The maximum atomic E-state index is 11.9. The fraction of sp³-hybridized carbons (Fsp3) is 0.500. The summed E-state index contributed by atoms with van der Waals surface area (Å²) in [4.78, 5) is 23.7. The topological polar surface area (TPSA) is 93.5 Å². The quantitative estimate of drug-likeness (QED) is 0.673. The Hall–Kier alpha value is -1.79. The second kappa shape index (κ2) is 10.1. The van der Waals surface area contributed by atoms with Crippen LogP contribution in [0.1, 0.15) is 33.6 Å². The number of nitrogens with two attached hydrogens (primary N) is 1. The van der Waals surface area contributed by atoms with Gasteiger partial charge >= 0.3 is 0 Å². The molecule has 0 saturated carbocycles. The van der Waals surface area contributed by atoms with Gasteiger partial charge in [-0.2, -0.15) is 0 Å². The van der Waals surface area contributed by atoms with E-state index in [9.17, 15) is 9.59 Å². The van der Waals surface area contributed by atoms with E-state index in [1.165, 1.54) is 0 Å². The molecule has 0 fully saturated rings. The number of carbonyl (C=O) groups is 2. The van der Waals surface area contributed by atoms with Gasteiger partial charge in [-0.1, -0.05) is 13.3 Å². The van der Waals surface area contributed by atoms with Crippen molar-refractivity contribution in [3.63, 3.8) is 0 Å². The second-order valence-corrected chi connectivity index (χ2v) is 5.36. The highest BCUT2D eigenvalue weighted by molar-refractivity contribution is 5.96. The Labute approximate surface area is 143 Å². The second-order valence-electron chi connectivity index (χ2n) is 5.36. The third-order valence-corrected chi connectivity index (χ3v) is 3.15. The van der Waals surface area contributed by atoms with Crippen molar-refractivity contribution in [1.29, 1.82) is 0 Å². The zero-order chi connectivity index (χ0) is 16.6. The normalized spacial score (nSPS) is 12.5. The van der Waals surface area contributed by atoms with Gasteiger partial charge in [0.05, 0.1) is 18.7 Å². The molecule has 0 aromatic heterocycles. The van der Waals surface area contributed by atoms with Crippen molar-refractivity contribution in [3.8, 4) is 5.75 Å². The summed E-state index contributed by atoms with van der Waals surface area (Å²) in [6, 6.07) is 7.04. The summed E-state index contributed by atoms with van der Waals surface area (Å²) in [6.45, 7) is 6.01. The molecule has 0 radical (unpaired) electrons. The summed E-state index contributed by atoms with van der Waals surface area (Å²) in [5, 5.41) is 5.26. The fourth-order valence-corrected chi connectivity index (χ4v) is 2.00. The Morgan fingerprint density at radius 3 is 2.35 bits per heavy atom. The lowest BCUT2D eigenvalue weighted by atomic mass is 9.96.